The van der Waals surface area contributed by atoms with Crippen LogP contribution in [-0.2, 0) is 20.6 Å². The van der Waals surface area contributed by atoms with Crippen molar-refractivity contribution in [2.75, 3.05) is 17.9 Å². The molecule has 0 saturated carbocycles. The summed E-state index contributed by atoms with van der Waals surface area (Å²) in [5.74, 6) is 0.0407. The maximum Gasteiger partial charge on any atom is 0.240 e. The first-order valence-electron chi connectivity index (χ1n) is 11.4. The van der Waals surface area contributed by atoms with Gasteiger partial charge in [-0.15, -0.1) is 0 Å². The van der Waals surface area contributed by atoms with E-state index >= 15 is 0 Å². The van der Waals surface area contributed by atoms with Crippen LogP contribution in [0.2, 0.25) is 10.0 Å². The number of ether oxygens (including phenoxy) is 1. The number of halogens is 2. The number of nitrogens with one attached hydrogen (secondary N) is 2. The van der Waals surface area contributed by atoms with Gasteiger partial charge in [-0.05, 0) is 37.3 Å². The van der Waals surface area contributed by atoms with E-state index in [9.17, 15) is 18.5 Å². The minimum Gasteiger partial charge on any atom is -0.490 e. The Morgan fingerprint density at radius 3 is 2.69 bits per heavy atom. The largest absolute Gasteiger partial charge is 0.490 e. The molecule has 2 fully saturated rings. The SMILES string of the molecule is N#C[C@@H]1CCCN1C(=O)[C@@H]1CC[C@H](COc2cc(NS(=O)(=O)Cc3ccccc3)c(Cl)cc2Cl)N1. The molecule has 2 aliphatic heterocycles. The molecule has 2 saturated heterocycles. The number of amides is 1. The molecule has 0 spiro atoms. The summed E-state index contributed by atoms with van der Waals surface area (Å²) in [5, 5.41) is 12.9. The predicted octanol–water partition coefficient (Wildman–Crippen LogP) is 3.95. The Morgan fingerprint density at radius 2 is 1.94 bits per heavy atom. The van der Waals surface area contributed by atoms with Crippen molar-refractivity contribution in [2.24, 2.45) is 0 Å². The molecule has 2 aliphatic rings. The van der Waals surface area contributed by atoms with Crippen molar-refractivity contribution >= 4 is 44.8 Å². The lowest BCUT2D eigenvalue weighted by Gasteiger charge is -2.24. The third kappa shape index (κ3) is 6.39. The van der Waals surface area contributed by atoms with E-state index in [1.807, 2.05) is 6.07 Å². The first kappa shape index (κ1) is 25.6. The van der Waals surface area contributed by atoms with Gasteiger partial charge in [0, 0.05) is 18.7 Å². The van der Waals surface area contributed by atoms with E-state index in [1.54, 1.807) is 29.2 Å². The number of carbonyl (C=O) groups is 1. The predicted molar refractivity (Wildman–Crippen MR) is 135 cm³/mol. The molecule has 0 aliphatic carbocycles. The molecule has 0 unspecified atom stereocenters. The molecule has 1 amide bonds. The number of nitriles is 1. The van der Waals surface area contributed by atoms with Crippen LogP contribution in [0.15, 0.2) is 42.5 Å². The highest BCUT2D eigenvalue weighted by atomic mass is 35.5. The summed E-state index contributed by atoms with van der Waals surface area (Å²) >= 11 is 12.5. The Morgan fingerprint density at radius 1 is 1.17 bits per heavy atom. The molecule has 11 heteroatoms. The Kier molecular flexibility index (Phi) is 8.07. The van der Waals surface area contributed by atoms with Gasteiger partial charge in [0.25, 0.3) is 0 Å². The maximum absolute atomic E-state index is 12.8. The molecule has 0 aromatic heterocycles. The highest BCUT2D eigenvalue weighted by molar-refractivity contribution is 7.91. The molecular weight excluding hydrogens is 511 g/mol. The van der Waals surface area contributed by atoms with Gasteiger partial charge >= 0.3 is 0 Å². The molecule has 35 heavy (non-hydrogen) atoms. The number of hydrogen-bond donors (Lipinski definition) is 2. The monoisotopic (exact) mass is 536 g/mol. The van der Waals surface area contributed by atoms with Crippen molar-refractivity contribution < 1.29 is 17.9 Å². The molecule has 2 aromatic rings. The fraction of sp³-hybridized carbons (Fsp3) is 0.417. The van der Waals surface area contributed by atoms with Crippen molar-refractivity contribution in [3.8, 4) is 11.8 Å². The Hall–Kier alpha value is -2.51. The van der Waals surface area contributed by atoms with Crippen LogP contribution in [-0.4, -0.2) is 50.5 Å². The van der Waals surface area contributed by atoms with Gasteiger partial charge in [-0.3, -0.25) is 14.8 Å². The van der Waals surface area contributed by atoms with Crippen molar-refractivity contribution in [1.29, 1.82) is 5.26 Å². The fourth-order valence-electron chi connectivity index (χ4n) is 4.42. The molecule has 8 nitrogen and oxygen atoms in total. The molecule has 0 bridgehead atoms. The smallest absolute Gasteiger partial charge is 0.240 e. The van der Waals surface area contributed by atoms with E-state index in [0.717, 1.165) is 12.8 Å². The maximum atomic E-state index is 12.8. The number of anilines is 1. The lowest BCUT2D eigenvalue weighted by molar-refractivity contribution is -0.133. The zero-order valence-electron chi connectivity index (χ0n) is 18.9. The molecule has 3 atom stereocenters. The van der Waals surface area contributed by atoms with Gasteiger partial charge in [0.2, 0.25) is 15.9 Å². The Labute approximate surface area is 215 Å². The first-order chi connectivity index (χ1) is 16.8. The second-order valence-electron chi connectivity index (χ2n) is 8.73. The van der Waals surface area contributed by atoms with E-state index in [4.69, 9.17) is 27.9 Å². The van der Waals surface area contributed by atoms with Crippen LogP contribution < -0.4 is 14.8 Å². The average molecular weight is 537 g/mol. The molecule has 0 radical (unpaired) electrons. The van der Waals surface area contributed by atoms with Crippen molar-refractivity contribution in [1.82, 2.24) is 10.2 Å². The summed E-state index contributed by atoms with van der Waals surface area (Å²) in [6.45, 7) is 0.850. The van der Waals surface area contributed by atoms with Crippen LogP contribution in [0.5, 0.6) is 5.75 Å². The van der Waals surface area contributed by atoms with Crippen LogP contribution >= 0.6 is 23.2 Å². The lowest BCUT2D eigenvalue weighted by atomic mass is 10.1. The fourth-order valence-corrected chi connectivity index (χ4v) is 6.16. The third-order valence-corrected chi connectivity index (χ3v) is 8.00. The van der Waals surface area contributed by atoms with Gasteiger partial charge in [-0.25, -0.2) is 8.42 Å². The van der Waals surface area contributed by atoms with Crippen LogP contribution in [0.1, 0.15) is 31.2 Å². The zero-order chi connectivity index (χ0) is 25.0. The Balaban J connectivity index is 1.36. The number of benzene rings is 2. The van der Waals surface area contributed by atoms with Gasteiger partial charge in [0.15, 0.2) is 0 Å². The molecule has 4 rings (SSSR count). The summed E-state index contributed by atoms with van der Waals surface area (Å²) in [5.41, 5.74) is 0.819. The number of sulfonamides is 1. The summed E-state index contributed by atoms with van der Waals surface area (Å²) in [6, 6.07) is 13.1. The molecule has 2 heterocycles. The van der Waals surface area contributed by atoms with Crippen LogP contribution in [0.25, 0.3) is 0 Å². The Bertz CT molecular complexity index is 1220. The van der Waals surface area contributed by atoms with E-state index in [2.05, 4.69) is 16.1 Å². The standard InChI is InChI=1S/C24H26Cl2N4O4S/c25-19-11-20(26)23(12-22(19)29-35(32,33)15-16-5-2-1-3-6-16)34-14-17-8-9-21(28-17)24(31)30-10-4-7-18(30)13-27/h1-3,5-6,11-12,17-18,21,28-29H,4,7-10,14-15H2/t17-,18+,21+/m1/s1. The number of hydrogen-bond acceptors (Lipinski definition) is 6. The summed E-state index contributed by atoms with van der Waals surface area (Å²) in [6.07, 6.45) is 2.94. The minimum atomic E-state index is -3.71. The highest BCUT2D eigenvalue weighted by Crippen LogP contribution is 2.35. The van der Waals surface area contributed by atoms with Crippen molar-refractivity contribution in [3.05, 3.63) is 58.1 Å². The first-order valence-corrected chi connectivity index (χ1v) is 13.8. The third-order valence-electron chi connectivity index (χ3n) is 6.15. The minimum absolute atomic E-state index is 0.0452. The van der Waals surface area contributed by atoms with Crippen LogP contribution in [0.4, 0.5) is 5.69 Å². The lowest BCUT2D eigenvalue weighted by Crippen LogP contribution is -2.47. The average Bonchev–Trinajstić information content (AvgIpc) is 3.49. The summed E-state index contributed by atoms with van der Waals surface area (Å²) in [7, 11) is -3.71. The molecule has 186 valence electrons. The molecule has 2 N–H and O–H groups in total. The van der Waals surface area contributed by atoms with Gasteiger partial charge < -0.3 is 9.64 Å². The summed E-state index contributed by atoms with van der Waals surface area (Å²) < 4.78 is 33.6. The second kappa shape index (κ2) is 11.0. The second-order valence-corrected chi connectivity index (χ2v) is 11.3. The summed E-state index contributed by atoms with van der Waals surface area (Å²) in [4.78, 5) is 14.5. The van der Waals surface area contributed by atoms with Crippen LogP contribution in [0, 0.1) is 11.3 Å². The highest BCUT2D eigenvalue weighted by Gasteiger charge is 2.37. The number of nitrogens with zero attached hydrogens (tertiary/aromatic N) is 2. The van der Waals surface area contributed by atoms with E-state index in [-0.39, 0.29) is 57.9 Å². The van der Waals surface area contributed by atoms with E-state index in [0.29, 0.717) is 24.9 Å². The van der Waals surface area contributed by atoms with Crippen molar-refractivity contribution in [3.63, 3.8) is 0 Å². The van der Waals surface area contributed by atoms with E-state index in [1.165, 1.54) is 12.1 Å². The van der Waals surface area contributed by atoms with Crippen LogP contribution in [0.3, 0.4) is 0 Å². The van der Waals surface area contributed by atoms with E-state index < -0.39 is 10.0 Å². The molecule has 2 aromatic carbocycles. The number of likely N-dealkylation sites (tertiary alicyclic amines) is 1. The topological polar surface area (TPSA) is 112 Å². The van der Waals surface area contributed by atoms with Gasteiger partial charge in [-0.1, -0.05) is 53.5 Å². The number of carbonyl (C=O) groups excluding carboxylic acids is 1. The molecular formula is C24H26Cl2N4O4S. The number of rotatable bonds is 8. The quantitative estimate of drug-likeness (QED) is 0.528. The van der Waals surface area contributed by atoms with Gasteiger partial charge in [0.05, 0.1) is 33.6 Å². The normalized spacial score (nSPS) is 22.1. The van der Waals surface area contributed by atoms with Gasteiger partial charge in [-0.2, -0.15) is 5.26 Å². The zero-order valence-corrected chi connectivity index (χ0v) is 21.2. The van der Waals surface area contributed by atoms with Crippen molar-refractivity contribution in [2.45, 2.75) is 49.6 Å². The van der Waals surface area contributed by atoms with Gasteiger partial charge in [0.1, 0.15) is 18.4 Å².